The van der Waals surface area contributed by atoms with E-state index in [9.17, 15) is 13.2 Å². The van der Waals surface area contributed by atoms with E-state index < -0.39 is 23.7 Å². The Bertz CT molecular complexity index is 662. The predicted octanol–water partition coefficient (Wildman–Crippen LogP) is 4.79. The molecule has 2 aromatic rings. The van der Waals surface area contributed by atoms with Crippen LogP contribution < -0.4 is 10.1 Å². The topological polar surface area (TPSA) is 47.0 Å². The Hall–Kier alpha value is -1.83. The van der Waals surface area contributed by atoms with Crippen molar-refractivity contribution < 1.29 is 17.9 Å². The number of ether oxygens (including phenoxy) is 1. The monoisotopic (exact) mass is 375 g/mol. The summed E-state index contributed by atoms with van der Waals surface area (Å²) in [5.74, 6) is -0.470. The molecule has 8 heteroatoms. The minimum atomic E-state index is -4.57. The van der Waals surface area contributed by atoms with Gasteiger partial charge in [-0.15, -0.1) is 0 Å². The van der Waals surface area contributed by atoms with Gasteiger partial charge in [0.15, 0.2) is 0 Å². The highest BCUT2D eigenvalue weighted by Crippen LogP contribution is 2.36. The van der Waals surface area contributed by atoms with E-state index in [0.717, 1.165) is 4.47 Å². The molecular formula is C14H13BrF3N3O. The molecule has 0 atom stereocenters. The van der Waals surface area contributed by atoms with Crippen molar-refractivity contribution in [2.75, 3.05) is 5.32 Å². The maximum Gasteiger partial charge on any atom is 0.423 e. The molecule has 0 radical (unpaired) electrons. The van der Waals surface area contributed by atoms with Crippen molar-refractivity contribution in [3.05, 3.63) is 40.5 Å². The highest BCUT2D eigenvalue weighted by Gasteiger charge is 2.36. The molecule has 1 N–H and O–H groups in total. The molecule has 22 heavy (non-hydrogen) atoms. The highest BCUT2D eigenvalue weighted by molar-refractivity contribution is 9.10. The lowest BCUT2D eigenvalue weighted by atomic mass is 10.3. The zero-order valence-corrected chi connectivity index (χ0v) is 13.4. The quantitative estimate of drug-likeness (QED) is 0.834. The number of aromatic nitrogens is 2. The Morgan fingerprint density at radius 2 is 1.91 bits per heavy atom. The number of hydrogen-bond acceptors (Lipinski definition) is 4. The number of alkyl halides is 3. The van der Waals surface area contributed by atoms with Gasteiger partial charge in [0.1, 0.15) is 5.56 Å². The minimum absolute atomic E-state index is 0.0237. The second-order valence-electron chi connectivity index (χ2n) is 4.68. The molecule has 0 amide bonds. The van der Waals surface area contributed by atoms with Crippen LogP contribution in [0.5, 0.6) is 5.88 Å². The normalized spacial score (nSPS) is 11.6. The summed E-state index contributed by atoms with van der Waals surface area (Å²) in [4.78, 5) is 7.54. The van der Waals surface area contributed by atoms with Crippen LogP contribution in [0, 0.1) is 0 Å². The first-order valence-electron chi connectivity index (χ1n) is 6.40. The van der Waals surface area contributed by atoms with E-state index in [1.165, 1.54) is 0 Å². The maximum atomic E-state index is 12.9. The number of para-hydroxylation sites is 1. The molecule has 0 saturated heterocycles. The van der Waals surface area contributed by atoms with E-state index in [4.69, 9.17) is 4.74 Å². The Labute approximate surface area is 133 Å². The molecule has 0 fully saturated rings. The second-order valence-corrected chi connectivity index (χ2v) is 5.54. The molecule has 0 aliphatic rings. The fourth-order valence-electron chi connectivity index (χ4n) is 1.62. The zero-order valence-electron chi connectivity index (χ0n) is 11.8. The van der Waals surface area contributed by atoms with Gasteiger partial charge in [-0.3, -0.25) is 0 Å². The molecule has 0 spiro atoms. The third-order valence-electron chi connectivity index (χ3n) is 2.53. The van der Waals surface area contributed by atoms with Gasteiger partial charge in [-0.05, 0) is 41.9 Å². The van der Waals surface area contributed by atoms with E-state index >= 15 is 0 Å². The standard InChI is InChI=1S/C14H13BrF3N3O/c1-8(2)22-12-9(14(16,17)18)7-19-13(21-12)20-11-6-4-3-5-10(11)15/h3-8H,1-2H3,(H,19,20,21). The summed E-state index contributed by atoms with van der Waals surface area (Å²) in [5.41, 5.74) is -0.364. The van der Waals surface area contributed by atoms with E-state index in [0.29, 0.717) is 11.9 Å². The summed E-state index contributed by atoms with van der Waals surface area (Å²) in [5, 5.41) is 2.85. The molecule has 1 aromatic carbocycles. The summed E-state index contributed by atoms with van der Waals surface area (Å²) in [6, 6.07) is 7.13. The van der Waals surface area contributed by atoms with E-state index in [1.54, 1.807) is 32.0 Å². The molecule has 0 unspecified atom stereocenters. The van der Waals surface area contributed by atoms with Crippen LogP contribution in [-0.2, 0) is 6.18 Å². The van der Waals surface area contributed by atoms with Crippen LogP contribution in [0.1, 0.15) is 19.4 Å². The molecular weight excluding hydrogens is 363 g/mol. The van der Waals surface area contributed by atoms with Crippen LogP contribution in [-0.4, -0.2) is 16.1 Å². The first-order valence-corrected chi connectivity index (χ1v) is 7.19. The molecule has 1 aromatic heterocycles. The Balaban J connectivity index is 2.36. The SMILES string of the molecule is CC(C)Oc1nc(Nc2ccccc2Br)ncc1C(F)(F)F. The molecule has 2 rings (SSSR count). The maximum absolute atomic E-state index is 12.9. The summed E-state index contributed by atoms with van der Waals surface area (Å²) in [6.07, 6.45) is -4.30. The third-order valence-corrected chi connectivity index (χ3v) is 3.22. The van der Waals surface area contributed by atoms with Gasteiger partial charge >= 0.3 is 6.18 Å². The number of rotatable bonds is 4. The van der Waals surface area contributed by atoms with Crippen molar-refractivity contribution in [3.63, 3.8) is 0 Å². The van der Waals surface area contributed by atoms with Crippen LogP contribution in [0.25, 0.3) is 0 Å². The Morgan fingerprint density at radius 1 is 1.23 bits per heavy atom. The minimum Gasteiger partial charge on any atom is -0.474 e. The molecule has 0 aliphatic heterocycles. The van der Waals surface area contributed by atoms with Gasteiger partial charge in [0.2, 0.25) is 11.8 Å². The lowest BCUT2D eigenvalue weighted by Gasteiger charge is -2.16. The third kappa shape index (κ3) is 4.09. The van der Waals surface area contributed by atoms with Crippen molar-refractivity contribution in [2.45, 2.75) is 26.1 Å². The van der Waals surface area contributed by atoms with Gasteiger partial charge in [-0.25, -0.2) is 4.98 Å². The number of nitrogens with zero attached hydrogens (tertiary/aromatic N) is 2. The average Bonchev–Trinajstić information content (AvgIpc) is 2.39. The highest BCUT2D eigenvalue weighted by atomic mass is 79.9. The van der Waals surface area contributed by atoms with Gasteiger partial charge < -0.3 is 10.1 Å². The molecule has 118 valence electrons. The van der Waals surface area contributed by atoms with Crippen molar-refractivity contribution in [1.29, 1.82) is 0 Å². The lowest BCUT2D eigenvalue weighted by molar-refractivity contribution is -0.139. The Morgan fingerprint density at radius 3 is 2.50 bits per heavy atom. The summed E-state index contributed by atoms with van der Waals surface area (Å²) >= 11 is 3.33. The smallest absolute Gasteiger partial charge is 0.423 e. The van der Waals surface area contributed by atoms with Gasteiger partial charge in [0.05, 0.1) is 11.8 Å². The number of benzene rings is 1. The van der Waals surface area contributed by atoms with Crippen molar-refractivity contribution in [1.82, 2.24) is 9.97 Å². The van der Waals surface area contributed by atoms with Crippen molar-refractivity contribution in [2.24, 2.45) is 0 Å². The van der Waals surface area contributed by atoms with Crippen LogP contribution in [0.4, 0.5) is 24.8 Å². The predicted molar refractivity (Wildman–Crippen MR) is 80.2 cm³/mol. The number of hydrogen-bond donors (Lipinski definition) is 1. The van der Waals surface area contributed by atoms with Gasteiger partial charge in [-0.1, -0.05) is 12.1 Å². The molecule has 0 aliphatic carbocycles. The van der Waals surface area contributed by atoms with Gasteiger partial charge in [0, 0.05) is 10.7 Å². The van der Waals surface area contributed by atoms with Crippen LogP contribution in [0.2, 0.25) is 0 Å². The zero-order chi connectivity index (χ0) is 16.3. The Kier molecular flexibility index (Phi) is 4.90. The lowest BCUT2D eigenvalue weighted by Crippen LogP contribution is -2.15. The first-order chi connectivity index (χ1) is 10.3. The van der Waals surface area contributed by atoms with Gasteiger partial charge in [0.25, 0.3) is 0 Å². The number of nitrogens with one attached hydrogen (secondary N) is 1. The fraction of sp³-hybridized carbons (Fsp3) is 0.286. The van der Waals surface area contributed by atoms with Crippen molar-refractivity contribution >= 4 is 27.6 Å². The average molecular weight is 376 g/mol. The van der Waals surface area contributed by atoms with E-state index in [2.05, 4.69) is 31.2 Å². The van der Waals surface area contributed by atoms with E-state index in [-0.39, 0.29) is 5.95 Å². The first kappa shape index (κ1) is 16.5. The molecule has 1 heterocycles. The fourth-order valence-corrected chi connectivity index (χ4v) is 2.00. The summed E-state index contributed by atoms with van der Waals surface area (Å²) in [7, 11) is 0. The van der Waals surface area contributed by atoms with Crippen LogP contribution in [0.3, 0.4) is 0 Å². The largest absolute Gasteiger partial charge is 0.474 e. The van der Waals surface area contributed by atoms with Crippen LogP contribution >= 0.6 is 15.9 Å². The summed E-state index contributed by atoms with van der Waals surface area (Å²) < 4.78 is 44.7. The number of anilines is 2. The molecule has 0 saturated carbocycles. The second kappa shape index (κ2) is 6.51. The van der Waals surface area contributed by atoms with E-state index in [1.807, 2.05) is 6.07 Å². The number of halogens is 4. The summed E-state index contributed by atoms with van der Waals surface area (Å²) in [6.45, 7) is 3.26. The van der Waals surface area contributed by atoms with Crippen molar-refractivity contribution in [3.8, 4) is 5.88 Å². The van der Waals surface area contributed by atoms with Crippen LogP contribution in [0.15, 0.2) is 34.9 Å². The van der Waals surface area contributed by atoms with Gasteiger partial charge in [-0.2, -0.15) is 18.2 Å². The molecule has 0 bridgehead atoms. The molecule has 4 nitrogen and oxygen atoms in total.